The molecule has 4 heteroatoms. The summed E-state index contributed by atoms with van der Waals surface area (Å²) in [4.78, 5) is 11.4. The predicted molar refractivity (Wildman–Crippen MR) is 67.8 cm³/mol. The third kappa shape index (κ3) is 2.95. The van der Waals surface area contributed by atoms with Crippen LogP contribution >= 0.6 is 38.5 Å². The molecule has 14 heavy (non-hydrogen) atoms. The average molecular weight is 369 g/mol. The first-order valence-electron chi connectivity index (χ1n) is 4.20. The van der Waals surface area contributed by atoms with Crippen LogP contribution in [0, 0.1) is 0 Å². The highest BCUT2D eigenvalue weighted by Gasteiger charge is 2.08. The Kier molecular flexibility index (Phi) is 4.88. The SMILES string of the molecule is CCOC(=O)c1ccc(Br)c(CI)c1. The number of rotatable bonds is 3. The molecular formula is C10H10BrIO2. The molecule has 2 nitrogen and oxygen atoms in total. The van der Waals surface area contributed by atoms with E-state index in [1.165, 1.54) is 0 Å². The van der Waals surface area contributed by atoms with Gasteiger partial charge in [-0.2, -0.15) is 0 Å². The van der Waals surface area contributed by atoms with E-state index < -0.39 is 0 Å². The molecule has 0 fully saturated rings. The second kappa shape index (κ2) is 5.70. The molecule has 0 unspecified atom stereocenters. The van der Waals surface area contributed by atoms with Gasteiger partial charge in [0.1, 0.15) is 0 Å². The van der Waals surface area contributed by atoms with Gasteiger partial charge in [-0.15, -0.1) is 0 Å². The molecule has 76 valence electrons. The number of carbonyl (C=O) groups is 1. The fourth-order valence-corrected chi connectivity index (χ4v) is 2.56. The van der Waals surface area contributed by atoms with Crippen LogP contribution in [0.1, 0.15) is 22.8 Å². The Bertz CT molecular complexity index is 339. The van der Waals surface area contributed by atoms with Crippen LogP contribution in [0.15, 0.2) is 22.7 Å². The zero-order valence-electron chi connectivity index (χ0n) is 7.72. The molecule has 0 saturated carbocycles. The van der Waals surface area contributed by atoms with Crippen molar-refractivity contribution in [2.45, 2.75) is 11.4 Å². The van der Waals surface area contributed by atoms with E-state index in [1.807, 2.05) is 12.1 Å². The van der Waals surface area contributed by atoms with Crippen molar-refractivity contribution in [2.75, 3.05) is 6.61 Å². The van der Waals surface area contributed by atoms with Crippen molar-refractivity contribution in [3.63, 3.8) is 0 Å². The van der Waals surface area contributed by atoms with E-state index in [1.54, 1.807) is 13.0 Å². The van der Waals surface area contributed by atoms with E-state index in [0.29, 0.717) is 12.2 Å². The Morgan fingerprint density at radius 1 is 1.57 bits per heavy atom. The Balaban J connectivity index is 2.94. The van der Waals surface area contributed by atoms with Crippen LogP contribution in [-0.2, 0) is 9.16 Å². The highest BCUT2D eigenvalue weighted by Crippen LogP contribution is 2.21. The van der Waals surface area contributed by atoms with E-state index in [9.17, 15) is 4.79 Å². The van der Waals surface area contributed by atoms with Crippen molar-refractivity contribution in [3.05, 3.63) is 33.8 Å². The Morgan fingerprint density at radius 3 is 2.86 bits per heavy atom. The van der Waals surface area contributed by atoms with Crippen molar-refractivity contribution in [1.29, 1.82) is 0 Å². The van der Waals surface area contributed by atoms with Gasteiger partial charge >= 0.3 is 5.97 Å². The van der Waals surface area contributed by atoms with Crippen LogP contribution in [0.5, 0.6) is 0 Å². The fourth-order valence-electron chi connectivity index (χ4n) is 1.02. The van der Waals surface area contributed by atoms with E-state index in [4.69, 9.17) is 4.74 Å². The number of ether oxygens (including phenoxy) is 1. The minimum Gasteiger partial charge on any atom is -0.462 e. The molecule has 0 saturated heterocycles. The average Bonchev–Trinajstić information content (AvgIpc) is 2.19. The molecule has 0 heterocycles. The summed E-state index contributed by atoms with van der Waals surface area (Å²) in [7, 11) is 0. The normalized spacial score (nSPS) is 9.93. The Labute approximate surface area is 105 Å². The monoisotopic (exact) mass is 368 g/mol. The second-order valence-electron chi connectivity index (χ2n) is 2.66. The number of alkyl halides is 1. The molecule has 0 aliphatic heterocycles. The lowest BCUT2D eigenvalue weighted by atomic mass is 10.1. The van der Waals surface area contributed by atoms with Crippen LogP contribution < -0.4 is 0 Å². The Morgan fingerprint density at radius 2 is 2.29 bits per heavy atom. The molecule has 1 rings (SSSR count). The van der Waals surface area contributed by atoms with Crippen molar-refractivity contribution in [1.82, 2.24) is 0 Å². The van der Waals surface area contributed by atoms with Gasteiger partial charge in [0.05, 0.1) is 12.2 Å². The summed E-state index contributed by atoms with van der Waals surface area (Å²) in [5.41, 5.74) is 1.72. The summed E-state index contributed by atoms with van der Waals surface area (Å²) in [6, 6.07) is 5.49. The molecule has 0 N–H and O–H groups in total. The summed E-state index contributed by atoms with van der Waals surface area (Å²) in [6.45, 7) is 2.21. The number of hydrogen-bond donors (Lipinski definition) is 0. The van der Waals surface area contributed by atoms with Crippen LogP contribution in [0.25, 0.3) is 0 Å². The largest absolute Gasteiger partial charge is 0.462 e. The zero-order chi connectivity index (χ0) is 10.6. The van der Waals surface area contributed by atoms with Gasteiger partial charge in [0.25, 0.3) is 0 Å². The molecule has 1 aromatic rings. The van der Waals surface area contributed by atoms with Gasteiger partial charge in [0.15, 0.2) is 0 Å². The van der Waals surface area contributed by atoms with Gasteiger partial charge in [-0.25, -0.2) is 4.79 Å². The molecule has 0 aliphatic carbocycles. The number of carbonyl (C=O) groups excluding carboxylic acids is 1. The van der Waals surface area contributed by atoms with E-state index in [-0.39, 0.29) is 5.97 Å². The minimum absolute atomic E-state index is 0.258. The zero-order valence-corrected chi connectivity index (χ0v) is 11.5. The summed E-state index contributed by atoms with van der Waals surface area (Å²) in [5, 5.41) is 0. The Hall–Kier alpha value is -0.100. The summed E-state index contributed by atoms with van der Waals surface area (Å²) < 4.78 is 6.80. The van der Waals surface area contributed by atoms with Gasteiger partial charge in [-0.1, -0.05) is 38.5 Å². The second-order valence-corrected chi connectivity index (χ2v) is 4.28. The lowest BCUT2D eigenvalue weighted by Gasteiger charge is -2.04. The van der Waals surface area contributed by atoms with Gasteiger partial charge < -0.3 is 4.74 Å². The third-order valence-corrected chi connectivity index (χ3v) is 3.30. The van der Waals surface area contributed by atoms with Crippen molar-refractivity contribution in [3.8, 4) is 0 Å². The standard InChI is InChI=1S/C10H10BrIO2/c1-2-14-10(13)7-3-4-9(11)8(5-7)6-12/h3-5H,2,6H2,1H3. The lowest BCUT2D eigenvalue weighted by molar-refractivity contribution is 0.0526. The molecule has 0 aromatic heterocycles. The first-order chi connectivity index (χ1) is 6.69. The van der Waals surface area contributed by atoms with Crippen molar-refractivity contribution >= 4 is 44.5 Å². The maximum absolute atomic E-state index is 11.4. The smallest absolute Gasteiger partial charge is 0.338 e. The van der Waals surface area contributed by atoms with Gasteiger partial charge in [0.2, 0.25) is 0 Å². The van der Waals surface area contributed by atoms with E-state index in [2.05, 4.69) is 38.5 Å². The van der Waals surface area contributed by atoms with E-state index >= 15 is 0 Å². The molecule has 0 radical (unpaired) electrons. The van der Waals surface area contributed by atoms with Gasteiger partial charge in [-0.05, 0) is 30.7 Å². The molecular weight excluding hydrogens is 359 g/mol. The van der Waals surface area contributed by atoms with Crippen molar-refractivity contribution < 1.29 is 9.53 Å². The molecule has 0 aliphatic rings. The minimum atomic E-state index is -0.258. The highest BCUT2D eigenvalue weighted by molar-refractivity contribution is 14.1. The number of benzene rings is 1. The highest BCUT2D eigenvalue weighted by atomic mass is 127. The number of esters is 1. The van der Waals surface area contributed by atoms with Gasteiger partial charge in [-0.3, -0.25) is 0 Å². The van der Waals surface area contributed by atoms with Crippen LogP contribution in [0.2, 0.25) is 0 Å². The van der Waals surface area contributed by atoms with Crippen molar-refractivity contribution in [2.24, 2.45) is 0 Å². The topological polar surface area (TPSA) is 26.3 Å². The third-order valence-electron chi connectivity index (χ3n) is 1.70. The van der Waals surface area contributed by atoms with Crippen LogP contribution in [-0.4, -0.2) is 12.6 Å². The van der Waals surface area contributed by atoms with E-state index in [0.717, 1.165) is 14.5 Å². The van der Waals surface area contributed by atoms with Crippen LogP contribution in [0.4, 0.5) is 0 Å². The first kappa shape index (κ1) is 12.0. The van der Waals surface area contributed by atoms with Gasteiger partial charge in [0, 0.05) is 8.90 Å². The quantitative estimate of drug-likeness (QED) is 0.463. The first-order valence-corrected chi connectivity index (χ1v) is 6.52. The summed E-state index contributed by atoms with van der Waals surface area (Å²) >= 11 is 5.68. The molecule has 0 atom stereocenters. The number of hydrogen-bond acceptors (Lipinski definition) is 2. The molecule has 1 aromatic carbocycles. The predicted octanol–water partition coefficient (Wildman–Crippen LogP) is 3.56. The van der Waals surface area contributed by atoms with Crippen LogP contribution in [0.3, 0.4) is 0 Å². The lowest BCUT2D eigenvalue weighted by Crippen LogP contribution is -2.04. The maximum Gasteiger partial charge on any atom is 0.338 e. The fraction of sp³-hybridized carbons (Fsp3) is 0.300. The molecule has 0 bridgehead atoms. The summed E-state index contributed by atoms with van der Waals surface area (Å²) in [5.74, 6) is -0.258. The maximum atomic E-state index is 11.4. The number of halogens is 2. The summed E-state index contributed by atoms with van der Waals surface area (Å²) in [6.07, 6.45) is 0. The molecule has 0 spiro atoms. The molecule has 0 amide bonds.